The Hall–Kier alpha value is -0.700. The maximum absolute atomic E-state index is 4.35. The first-order valence-electron chi connectivity index (χ1n) is 5.41. The number of rotatable bonds is 4. The third-order valence-corrected chi connectivity index (χ3v) is 4.07. The minimum absolute atomic E-state index is 0.512. The lowest BCUT2D eigenvalue weighted by Crippen LogP contribution is -2.24. The molecule has 1 N–H and O–H groups in total. The van der Waals surface area contributed by atoms with E-state index in [1.165, 1.54) is 12.8 Å². The van der Waals surface area contributed by atoms with Crippen molar-refractivity contribution in [3.8, 4) is 0 Å². The van der Waals surface area contributed by atoms with Crippen molar-refractivity contribution >= 4 is 17.4 Å². The van der Waals surface area contributed by atoms with Gasteiger partial charge in [-0.1, -0.05) is 6.92 Å². The van der Waals surface area contributed by atoms with Crippen molar-refractivity contribution in [2.24, 2.45) is 5.41 Å². The fraction of sp³-hybridized carbons (Fsp3) is 0.583. The van der Waals surface area contributed by atoms with E-state index in [-0.39, 0.29) is 0 Å². The molecule has 1 fully saturated rings. The Morgan fingerprint density at radius 3 is 2.67 bits per heavy atom. The number of nitrogens with zero attached hydrogens (tertiary/aromatic N) is 1. The highest BCUT2D eigenvalue weighted by molar-refractivity contribution is 7.98. The van der Waals surface area contributed by atoms with E-state index in [9.17, 15) is 0 Å². The highest BCUT2D eigenvalue weighted by atomic mass is 32.2. The van der Waals surface area contributed by atoms with Crippen molar-refractivity contribution in [2.45, 2.75) is 37.8 Å². The van der Waals surface area contributed by atoms with Crippen LogP contribution in [0.4, 0.5) is 5.69 Å². The molecule has 1 atom stereocenters. The molecular formula is C12H18N2S. The summed E-state index contributed by atoms with van der Waals surface area (Å²) in [6, 6.07) is 4.72. The van der Waals surface area contributed by atoms with Crippen molar-refractivity contribution in [1.29, 1.82) is 0 Å². The predicted molar refractivity (Wildman–Crippen MR) is 66.4 cm³/mol. The van der Waals surface area contributed by atoms with Gasteiger partial charge in [-0.25, -0.2) is 4.98 Å². The number of hydrogen-bond donors (Lipinski definition) is 1. The maximum Gasteiger partial charge on any atom is 0.0958 e. The number of thioether (sulfide) groups is 1. The highest BCUT2D eigenvalue weighted by Gasteiger charge is 2.42. The van der Waals surface area contributed by atoms with Crippen LogP contribution in [0.25, 0.3) is 0 Å². The zero-order valence-electron chi connectivity index (χ0n) is 9.58. The Morgan fingerprint density at radius 1 is 1.47 bits per heavy atom. The van der Waals surface area contributed by atoms with Gasteiger partial charge < -0.3 is 5.32 Å². The fourth-order valence-corrected chi connectivity index (χ4v) is 2.00. The quantitative estimate of drug-likeness (QED) is 0.790. The number of hydrogen-bond acceptors (Lipinski definition) is 3. The van der Waals surface area contributed by atoms with Crippen LogP contribution < -0.4 is 5.32 Å². The molecule has 3 heteroatoms. The molecule has 0 aromatic carbocycles. The van der Waals surface area contributed by atoms with Gasteiger partial charge in [-0.2, -0.15) is 0 Å². The molecule has 0 spiro atoms. The maximum atomic E-state index is 4.35. The predicted octanol–water partition coefficient (Wildman–Crippen LogP) is 3.40. The van der Waals surface area contributed by atoms with Gasteiger partial charge in [0.05, 0.1) is 16.9 Å². The van der Waals surface area contributed by atoms with Gasteiger partial charge in [-0.3, -0.25) is 0 Å². The smallest absolute Gasteiger partial charge is 0.0958 e. The molecule has 0 radical (unpaired) electrons. The topological polar surface area (TPSA) is 24.9 Å². The van der Waals surface area contributed by atoms with Crippen molar-refractivity contribution < 1.29 is 0 Å². The van der Waals surface area contributed by atoms with Crippen molar-refractivity contribution in [3.05, 3.63) is 18.3 Å². The summed E-state index contributed by atoms with van der Waals surface area (Å²) in [5, 5.41) is 4.60. The summed E-state index contributed by atoms with van der Waals surface area (Å²) >= 11 is 1.68. The largest absolute Gasteiger partial charge is 0.381 e. The van der Waals surface area contributed by atoms with E-state index in [4.69, 9.17) is 0 Å². The highest BCUT2D eigenvalue weighted by Crippen LogP contribution is 2.48. The number of aromatic nitrogens is 1. The molecule has 0 bridgehead atoms. The molecule has 2 nitrogen and oxygen atoms in total. The summed E-state index contributed by atoms with van der Waals surface area (Å²) in [6.07, 6.45) is 6.66. The fourth-order valence-electron chi connectivity index (χ4n) is 1.64. The summed E-state index contributed by atoms with van der Waals surface area (Å²) in [7, 11) is 0. The zero-order valence-corrected chi connectivity index (χ0v) is 10.4. The molecule has 1 aliphatic carbocycles. The molecule has 15 heavy (non-hydrogen) atoms. The van der Waals surface area contributed by atoms with Gasteiger partial charge in [0.15, 0.2) is 0 Å². The Labute approximate surface area is 95.9 Å². The molecular weight excluding hydrogens is 204 g/mol. The molecule has 82 valence electrons. The van der Waals surface area contributed by atoms with Gasteiger partial charge in [-0.05, 0) is 43.6 Å². The number of pyridine rings is 1. The second kappa shape index (κ2) is 4.05. The molecule has 1 heterocycles. The molecule has 1 aliphatic rings. The van der Waals surface area contributed by atoms with Gasteiger partial charge in [0.25, 0.3) is 0 Å². The summed E-state index contributed by atoms with van der Waals surface area (Å²) in [5.41, 5.74) is 1.64. The molecule has 1 unspecified atom stereocenters. The lowest BCUT2D eigenvalue weighted by molar-refractivity contribution is 0.493. The molecule has 0 aliphatic heterocycles. The van der Waals surface area contributed by atoms with Crippen LogP contribution >= 0.6 is 11.8 Å². The summed E-state index contributed by atoms with van der Waals surface area (Å²) in [6.45, 7) is 4.60. The van der Waals surface area contributed by atoms with Crippen molar-refractivity contribution in [2.75, 3.05) is 11.6 Å². The van der Waals surface area contributed by atoms with Crippen molar-refractivity contribution in [1.82, 2.24) is 4.98 Å². The van der Waals surface area contributed by atoms with Gasteiger partial charge in [0.1, 0.15) is 0 Å². The summed E-state index contributed by atoms with van der Waals surface area (Å²) in [5.74, 6) is 0. The van der Waals surface area contributed by atoms with Gasteiger partial charge in [0.2, 0.25) is 0 Å². The lowest BCUT2D eigenvalue weighted by Gasteiger charge is -2.21. The van der Waals surface area contributed by atoms with Crippen molar-refractivity contribution in [3.63, 3.8) is 0 Å². The van der Waals surface area contributed by atoms with E-state index in [1.807, 2.05) is 12.5 Å². The molecule has 0 amide bonds. The van der Waals surface area contributed by atoms with Crippen LogP contribution in [-0.4, -0.2) is 17.3 Å². The number of anilines is 1. The molecule has 1 saturated carbocycles. The van der Waals surface area contributed by atoms with Crippen LogP contribution in [0, 0.1) is 5.41 Å². The second-order valence-corrected chi connectivity index (χ2v) is 5.44. The van der Waals surface area contributed by atoms with E-state index < -0.39 is 0 Å². The lowest BCUT2D eigenvalue weighted by atomic mass is 10.0. The zero-order chi connectivity index (χ0) is 10.9. The van der Waals surface area contributed by atoms with E-state index in [0.717, 1.165) is 10.7 Å². The van der Waals surface area contributed by atoms with E-state index in [1.54, 1.807) is 11.8 Å². The monoisotopic (exact) mass is 222 g/mol. The molecule has 1 aromatic rings. The van der Waals surface area contributed by atoms with Crippen LogP contribution in [0.1, 0.15) is 26.7 Å². The molecule has 1 aromatic heterocycles. The van der Waals surface area contributed by atoms with Gasteiger partial charge in [0, 0.05) is 6.04 Å². The van der Waals surface area contributed by atoms with Crippen LogP contribution in [0.3, 0.4) is 0 Å². The Kier molecular flexibility index (Phi) is 2.91. The third-order valence-electron chi connectivity index (χ3n) is 3.41. The van der Waals surface area contributed by atoms with Gasteiger partial charge in [-0.15, -0.1) is 11.8 Å². The second-order valence-electron chi connectivity index (χ2n) is 4.61. The standard InChI is InChI=1S/C12H18N2S/c1-9(12(2)6-7-12)14-10-4-5-11(15-3)13-8-10/h4-5,8-9,14H,6-7H2,1-3H3. The van der Waals surface area contributed by atoms with Crippen LogP contribution in [0.15, 0.2) is 23.4 Å². The average molecular weight is 222 g/mol. The van der Waals surface area contributed by atoms with Crippen LogP contribution in [0.2, 0.25) is 0 Å². The third kappa shape index (κ3) is 2.46. The van der Waals surface area contributed by atoms with E-state index in [2.05, 4.69) is 36.3 Å². The Morgan fingerprint density at radius 2 is 2.20 bits per heavy atom. The van der Waals surface area contributed by atoms with E-state index >= 15 is 0 Å². The minimum atomic E-state index is 0.512. The normalized spacial score (nSPS) is 19.7. The van der Waals surface area contributed by atoms with Crippen LogP contribution in [0.5, 0.6) is 0 Å². The summed E-state index contributed by atoms with van der Waals surface area (Å²) < 4.78 is 0. The summed E-state index contributed by atoms with van der Waals surface area (Å²) in [4.78, 5) is 4.35. The molecule has 0 saturated heterocycles. The van der Waals surface area contributed by atoms with E-state index in [0.29, 0.717) is 11.5 Å². The SMILES string of the molecule is CSc1ccc(NC(C)C2(C)CC2)cn1. The van der Waals surface area contributed by atoms with Crippen LogP contribution in [-0.2, 0) is 0 Å². The first kappa shape index (κ1) is 10.8. The first-order valence-corrected chi connectivity index (χ1v) is 6.63. The number of nitrogens with one attached hydrogen (secondary N) is 1. The first-order chi connectivity index (χ1) is 7.14. The van der Waals surface area contributed by atoms with Gasteiger partial charge >= 0.3 is 0 Å². The Balaban J connectivity index is 1.98. The average Bonchev–Trinajstić information content (AvgIpc) is 2.99. The minimum Gasteiger partial charge on any atom is -0.381 e. The Bertz CT molecular complexity index is 330. The molecule has 2 rings (SSSR count).